The second-order valence-corrected chi connectivity index (χ2v) is 18.2. The van der Waals surface area contributed by atoms with Crippen LogP contribution in [0, 0.1) is 5.92 Å². The number of nitrogens with zero attached hydrogens (tertiary/aromatic N) is 2. The summed E-state index contributed by atoms with van der Waals surface area (Å²) < 4.78 is 29.0. The molecule has 3 aliphatic rings. The van der Waals surface area contributed by atoms with Crippen LogP contribution >= 0.6 is 15.9 Å². The molecule has 3 amide bonds. The van der Waals surface area contributed by atoms with Crippen molar-refractivity contribution in [2.24, 2.45) is 5.92 Å². The number of fused-ring (bicyclic) bond motifs is 2. The zero-order valence-electron chi connectivity index (χ0n) is 27.5. The number of halogens is 2. The molecule has 2 N–H and O–H groups in total. The monoisotopic (exact) mass is 737 g/mol. The van der Waals surface area contributed by atoms with Gasteiger partial charge < -0.3 is 33.8 Å². The molecule has 2 saturated heterocycles. The van der Waals surface area contributed by atoms with Crippen molar-refractivity contribution in [2.45, 2.75) is 69.1 Å². The van der Waals surface area contributed by atoms with Gasteiger partial charge in [-0.25, -0.2) is 0 Å². The minimum Gasteiger partial charge on any atom is -0.497 e. The van der Waals surface area contributed by atoms with Crippen LogP contribution in [0.1, 0.15) is 47.7 Å². The Hall–Kier alpha value is -3.58. The van der Waals surface area contributed by atoms with Crippen LogP contribution < -0.4 is 15.0 Å². The fraction of sp³-hybridized carbons (Fsp3) is 0.417. The van der Waals surface area contributed by atoms with Crippen molar-refractivity contribution in [3.05, 3.63) is 87.9 Å². The number of rotatable bonds is 9. The Balaban J connectivity index is 1.29. The fourth-order valence-electron chi connectivity index (χ4n) is 7.90. The number of aliphatic hydroxyl groups is 1. The van der Waals surface area contributed by atoms with Crippen LogP contribution in [0.4, 0.5) is 15.5 Å². The molecule has 3 heterocycles. The maximum absolute atomic E-state index is 16.3. The van der Waals surface area contributed by atoms with Crippen molar-refractivity contribution in [3.63, 3.8) is 0 Å². The molecule has 48 heavy (non-hydrogen) atoms. The molecule has 0 aromatic heterocycles. The zero-order valence-corrected chi connectivity index (χ0v) is 30.1. The maximum atomic E-state index is 16.3. The van der Waals surface area contributed by atoms with Crippen LogP contribution in [0.25, 0.3) is 0 Å². The Bertz CT molecular complexity index is 1720. The molecule has 6 rings (SSSR count). The molecule has 5 atom stereocenters. The summed E-state index contributed by atoms with van der Waals surface area (Å²) in [6.45, 7) is 5.72. The van der Waals surface area contributed by atoms with Crippen LogP contribution in [0.3, 0.4) is 0 Å². The molecular weight excluding hydrogens is 697 g/mol. The molecule has 12 heteroatoms. The second-order valence-electron chi connectivity index (χ2n) is 13.5. The Labute approximate surface area is 289 Å². The van der Waals surface area contributed by atoms with Crippen LogP contribution in [-0.2, 0) is 26.5 Å². The third-order valence-electron chi connectivity index (χ3n) is 10.1. The first-order chi connectivity index (χ1) is 22.9. The minimum atomic E-state index is -3.47. The molecule has 1 spiro atoms. The molecule has 0 bridgehead atoms. The molecule has 0 saturated carbocycles. The molecule has 0 unspecified atom stereocenters. The number of aliphatic hydroxyl groups excluding tert-OH is 1. The van der Waals surface area contributed by atoms with E-state index in [2.05, 4.69) is 21.2 Å². The van der Waals surface area contributed by atoms with E-state index in [1.165, 1.54) is 0 Å². The lowest BCUT2D eigenvalue weighted by Crippen LogP contribution is -2.45. The van der Waals surface area contributed by atoms with E-state index >= 15 is 4.11 Å². The molecule has 3 aromatic rings. The quantitative estimate of drug-likeness (QED) is 0.194. The summed E-state index contributed by atoms with van der Waals surface area (Å²) >= 11 is 3.57. The van der Waals surface area contributed by atoms with E-state index < -0.39 is 31.6 Å². The lowest BCUT2D eigenvalue weighted by Gasteiger charge is -2.31. The number of likely N-dealkylation sites (tertiary alicyclic amines) is 1. The number of ether oxygens (including phenoxy) is 2. The van der Waals surface area contributed by atoms with Gasteiger partial charge >= 0.3 is 0 Å². The van der Waals surface area contributed by atoms with E-state index in [-0.39, 0.29) is 43.3 Å². The van der Waals surface area contributed by atoms with Crippen molar-refractivity contribution >= 4 is 53.4 Å². The Morgan fingerprint density at radius 1 is 1.15 bits per heavy atom. The number of carbonyl (C=O) groups excluding carboxylic acids is 3. The van der Waals surface area contributed by atoms with Crippen molar-refractivity contribution in [2.75, 3.05) is 30.5 Å². The van der Waals surface area contributed by atoms with Crippen molar-refractivity contribution in [1.82, 2.24) is 4.90 Å². The SMILES string of the molecule is COc1ccc(C(=O)Nc2cccc(CN3C(=O)[C@@]4(O[C@@H](CC(=O)N5CCC[C@H]5CO)[C@H]([Si](C)(C)F)[C@H]4C)c4cc(Br)ccc43)c2)cc1. The summed E-state index contributed by atoms with van der Waals surface area (Å²) in [5.74, 6) is -0.663. The van der Waals surface area contributed by atoms with E-state index in [9.17, 15) is 19.5 Å². The summed E-state index contributed by atoms with van der Waals surface area (Å²) in [6.07, 6.45) is 0.672. The van der Waals surface area contributed by atoms with Crippen molar-refractivity contribution < 1.29 is 33.1 Å². The van der Waals surface area contributed by atoms with Gasteiger partial charge in [0.25, 0.3) is 11.8 Å². The maximum Gasteiger partial charge on any atom is 0.264 e. The smallest absolute Gasteiger partial charge is 0.264 e. The highest BCUT2D eigenvalue weighted by molar-refractivity contribution is 9.10. The van der Waals surface area contributed by atoms with E-state index in [4.69, 9.17) is 9.47 Å². The molecule has 9 nitrogen and oxygen atoms in total. The Morgan fingerprint density at radius 2 is 1.90 bits per heavy atom. The van der Waals surface area contributed by atoms with Crippen LogP contribution in [0.2, 0.25) is 18.6 Å². The third kappa shape index (κ3) is 6.19. The van der Waals surface area contributed by atoms with Gasteiger partial charge in [-0.15, -0.1) is 0 Å². The molecule has 2 fully saturated rings. The first kappa shape index (κ1) is 34.3. The van der Waals surface area contributed by atoms with Crippen LogP contribution in [-0.4, -0.2) is 68.5 Å². The minimum absolute atomic E-state index is 0.0554. The number of amides is 3. The Kier molecular flexibility index (Phi) is 9.56. The average Bonchev–Trinajstić information content (AvgIpc) is 3.71. The van der Waals surface area contributed by atoms with Crippen LogP contribution in [0.5, 0.6) is 5.75 Å². The standard InChI is InChI=1S/C36H41BrFN3O6Si/c1-22-33(48(3,4)38)31(19-32(43)40-16-6-9-27(40)21-42)47-36(22)29-18-25(37)12-15-30(29)41(35(36)45)20-23-7-5-8-26(17-23)39-34(44)24-10-13-28(46-2)14-11-24/h5,7-8,10-15,17-18,22,27,31,33,42H,6,9,16,19-21H2,1-4H3,(H,39,44)/t22-,27+,31+,33-,36+/m1/s1. The van der Waals surface area contributed by atoms with Gasteiger partial charge in [-0.3, -0.25) is 14.4 Å². The number of methoxy groups -OCH3 is 1. The van der Waals surface area contributed by atoms with E-state index in [0.29, 0.717) is 34.8 Å². The van der Waals surface area contributed by atoms with Gasteiger partial charge in [-0.05, 0) is 86.1 Å². The first-order valence-electron chi connectivity index (χ1n) is 16.3. The number of anilines is 2. The molecule has 0 aliphatic carbocycles. The lowest BCUT2D eigenvalue weighted by molar-refractivity contribution is -0.150. The lowest BCUT2D eigenvalue weighted by atomic mass is 9.82. The Morgan fingerprint density at radius 3 is 2.58 bits per heavy atom. The first-order valence-corrected chi connectivity index (χ1v) is 20.1. The zero-order chi connectivity index (χ0) is 34.4. The summed E-state index contributed by atoms with van der Waals surface area (Å²) in [4.78, 5) is 44.6. The average molecular weight is 739 g/mol. The van der Waals surface area contributed by atoms with Gasteiger partial charge in [0.1, 0.15) is 5.75 Å². The summed E-state index contributed by atoms with van der Waals surface area (Å²) in [7, 11) is -1.90. The number of benzene rings is 3. The highest BCUT2D eigenvalue weighted by Crippen LogP contribution is 2.60. The van der Waals surface area contributed by atoms with Gasteiger partial charge in [0.05, 0.1) is 44.5 Å². The predicted molar refractivity (Wildman–Crippen MR) is 187 cm³/mol. The number of hydrogen-bond acceptors (Lipinski definition) is 6. The third-order valence-corrected chi connectivity index (χ3v) is 13.0. The number of nitrogens with one attached hydrogen (secondary N) is 1. The molecule has 3 aliphatic heterocycles. The van der Waals surface area contributed by atoms with Crippen molar-refractivity contribution in [1.29, 1.82) is 0 Å². The van der Waals surface area contributed by atoms with Gasteiger partial charge in [-0.1, -0.05) is 35.0 Å². The van der Waals surface area contributed by atoms with Crippen LogP contribution in [0.15, 0.2) is 71.2 Å². The number of carbonyl (C=O) groups is 3. The molecule has 3 aromatic carbocycles. The molecular formula is C36H41BrFN3O6Si. The van der Waals surface area contributed by atoms with E-state index in [1.54, 1.807) is 60.3 Å². The molecule has 0 radical (unpaired) electrons. The summed E-state index contributed by atoms with van der Waals surface area (Å²) in [5, 5.41) is 12.8. The highest BCUT2D eigenvalue weighted by atomic mass is 79.9. The van der Waals surface area contributed by atoms with E-state index in [0.717, 1.165) is 22.9 Å². The predicted octanol–water partition coefficient (Wildman–Crippen LogP) is 6.41. The van der Waals surface area contributed by atoms with Gasteiger partial charge in [-0.2, -0.15) is 0 Å². The molecule has 254 valence electrons. The number of hydrogen-bond donors (Lipinski definition) is 2. The van der Waals surface area contributed by atoms with E-state index in [1.807, 2.05) is 43.3 Å². The summed E-state index contributed by atoms with van der Waals surface area (Å²) in [6, 6.07) is 19.5. The largest absolute Gasteiger partial charge is 0.497 e. The fourth-order valence-corrected chi connectivity index (χ4v) is 10.8. The van der Waals surface area contributed by atoms with Crippen molar-refractivity contribution in [3.8, 4) is 5.75 Å². The normalized spacial score (nSPS) is 25.1. The van der Waals surface area contributed by atoms with Gasteiger partial charge in [0.2, 0.25) is 14.3 Å². The highest BCUT2D eigenvalue weighted by Gasteiger charge is 2.67. The van der Waals surface area contributed by atoms with Gasteiger partial charge in [0, 0.05) is 39.3 Å². The topological polar surface area (TPSA) is 108 Å². The second kappa shape index (κ2) is 13.4. The van der Waals surface area contributed by atoms with Gasteiger partial charge in [0.15, 0.2) is 5.60 Å². The summed E-state index contributed by atoms with van der Waals surface area (Å²) in [5.41, 5.74) is 1.03.